The molecule has 1 amide bonds. The maximum absolute atomic E-state index is 12.1. The van der Waals surface area contributed by atoms with Crippen LogP contribution < -0.4 is 5.32 Å². The van der Waals surface area contributed by atoms with Gasteiger partial charge < -0.3 is 5.32 Å². The quantitative estimate of drug-likeness (QED) is 0.664. The van der Waals surface area contributed by atoms with Crippen molar-refractivity contribution in [3.8, 4) is 6.07 Å². The van der Waals surface area contributed by atoms with E-state index in [0.717, 1.165) is 17.3 Å². The molecule has 1 aromatic heterocycles. The number of aromatic nitrogens is 2. The second kappa shape index (κ2) is 7.70. The summed E-state index contributed by atoms with van der Waals surface area (Å²) in [6.45, 7) is 5.03. The third kappa shape index (κ3) is 3.97. The van der Waals surface area contributed by atoms with Crippen molar-refractivity contribution in [3.63, 3.8) is 0 Å². The molecule has 2 aromatic rings. The van der Waals surface area contributed by atoms with Crippen molar-refractivity contribution in [2.75, 3.05) is 11.1 Å². The normalized spacial score (nSPS) is 10.1. The average molecular weight is 340 g/mol. The van der Waals surface area contributed by atoms with Crippen LogP contribution in [0.4, 0.5) is 5.69 Å². The van der Waals surface area contributed by atoms with Crippen molar-refractivity contribution < 1.29 is 9.59 Å². The van der Waals surface area contributed by atoms with Crippen LogP contribution in [0.25, 0.3) is 0 Å². The molecule has 0 unspecified atom stereocenters. The summed E-state index contributed by atoms with van der Waals surface area (Å²) in [5.74, 6) is -0.332. The molecular weight excluding hydrogens is 324 g/mol. The van der Waals surface area contributed by atoms with E-state index in [1.165, 1.54) is 6.92 Å². The molecule has 0 saturated heterocycles. The minimum atomic E-state index is -0.280. The molecule has 0 aliphatic heterocycles. The number of hydrogen-bond donors (Lipinski definition) is 1. The monoisotopic (exact) mass is 340 g/mol. The summed E-state index contributed by atoms with van der Waals surface area (Å²) >= 11 is 1.14. The van der Waals surface area contributed by atoms with Gasteiger partial charge in [0.1, 0.15) is 11.1 Å². The summed E-state index contributed by atoms with van der Waals surface area (Å²) in [7, 11) is 0. The zero-order valence-corrected chi connectivity index (χ0v) is 14.4. The van der Waals surface area contributed by atoms with E-state index in [2.05, 4.69) is 21.6 Å². The fourth-order valence-corrected chi connectivity index (χ4v) is 2.82. The van der Waals surface area contributed by atoms with Crippen molar-refractivity contribution in [1.29, 1.82) is 5.26 Å². The number of hydrogen-bond acceptors (Lipinski definition) is 6. The number of anilines is 1. The van der Waals surface area contributed by atoms with E-state index in [-0.39, 0.29) is 17.4 Å². The number of nitriles is 1. The molecule has 2 rings (SSSR count). The maximum atomic E-state index is 12.1. The molecule has 1 heterocycles. The Morgan fingerprint density at radius 3 is 2.62 bits per heavy atom. The summed E-state index contributed by atoms with van der Waals surface area (Å²) < 4.78 is 0. The molecule has 0 bridgehead atoms. The van der Waals surface area contributed by atoms with Crippen LogP contribution >= 0.6 is 11.8 Å². The Morgan fingerprint density at radius 2 is 1.96 bits per heavy atom. The van der Waals surface area contributed by atoms with Gasteiger partial charge in [0.05, 0.1) is 22.7 Å². The van der Waals surface area contributed by atoms with Crippen molar-refractivity contribution in [2.45, 2.75) is 25.8 Å². The molecule has 7 heteroatoms. The van der Waals surface area contributed by atoms with Crippen LogP contribution in [0.1, 0.15) is 34.1 Å². The van der Waals surface area contributed by atoms with Crippen LogP contribution in [0, 0.1) is 25.2 Å². The van der Waals surface area contributed by atoms with Crippen LogP contribution in [-0.4, -0.2) is 27.6 Å². The van der Waals surface area contributed by atoms with Crippen LogP contribution in [-0.2, 0) is 4.79 Å². The first kappa shape index (κ1) is 17.6. The first-order valence-electron chi connectivity index (χ1n) is 7.20. The van der Waals surface area contributed by atoms with Crippen LogP contribution in [0.15, 0.2) is 29.3 Å². The van der Waals surface area contributed by atoms with E-state index in [0.29, 0.717) is 27.5 Å². The van der Waals surface area contributed by atoms with Gasteiger partial charge in [0.25, 0.3) is 0 Å². The fraction of sp³-hybridized carbons (Fsp3) is 0.235. The van der Waals surface area contributed by atoms with Gasteiger partial charge in [-0.15, -0.1) is 5.10 Å². The van der Waals surface area contributed by atoms with E-state index < -0.39 is 0 Å². The zero-order valence-electron chi connectivity index (χ0n) is 13.6. The largest absolute Gasteiger partial charge is 0.325 e. The predicted octanol–water partition coefficient (Wildman–Crippen LogP) is 2.90. The van der Waals surface area contributed by atoms with Crippen LogP contribution in [0.2, 0.25) is 0 Å². The minimum Gasteiger partial charge on any atom is -0.325 e. The second-order valence-corrected chi connectivity index (χ2v) is 6.11. The summed E-state index contributed by atoms with van der Waals surface area (Å²) in [5, 5.41) is 20.4. The van der Waals surface area contributed by atoms with Gasteiger partial charge in [0.2, 0.25) is 5.91 Å². The molecule has 0 fully saturated rings. The van der Waals surface area contributed by atoms with Crippen molar-refractivity contribution in [1.82, 2.24) is 10.2 Å². The number of aryl methyl sites for hydroxylation is 1. The Hall–Kier alpha value is -2.72. The lowest BCUT2D eigenvalue weighted by atomic mass is 10.1. The highest BCUT2D eigenvalue weighted by Crippen LogP contribution is 2.23. The number of thioether (sulfide) groups is 1. The van der Waals surface area contributed by atoms with Crippen molar-refractivity contribution >= 4 is 29.1 Å². The fourth-order valence-electron chi connectivity index (χ4n) is 2.04. The number of carbonyl (C=O) groups excluding carboxylic acids is 2. The number of benzene rings is 1. The Balaban J connectivity index is 2.09. The number of para-hydroxylation sites is 1. The van der Waals surface area contributed by atoms with E-state index >= 15 is 0 Å². The van der Waals surface area contributed by atoms with Crippen LogP contribution in [0.3, 0.4) is 0 Å². The number of rotatable bonds is 5. The van der Waals surface area contributed by atoms with Crippen LogP contribution in [0.5, 0.6) is 0 Å². The highest BCUT2D eigenvalue weighted by Gasteiger charge is 2.14. The second-order valence-electron chi connectivity index (χ2n) is 5.14. The number of carbonyl (C=O) groups is 2. The Morgan fingerprint density at radius 1 is 1.25 bits per heavy atom. The lowest BCUT2D eigenvalue weighted by molar-refractivity contribution is -0.113. The molecule has 6 nitrogen and oxygen atoms in total. The molecule has 0 atom stereocenters. The Kier molecular flexibility index (Phi) is 5.66. The molecule has 24 heavy (non-hydrogen) atoms. The highest BCUT2D eigenvalue weighted by atomic mass is 32.2. The SMILES string of the molecule is CC(=O)c1ccccc1NC(=O)CSc1nnc(C)c(C)c1C#N. The maximum Gasteiger partial charge on any atom is 0.234 e. The zero-order chi connectivity index (χ0) is 17.7. The van der Waals surface area contributed by atoms with Crippen molar-refractivity contribution in [2.24, 2.45) is 0 Å². The van der Waals surface area contributed by atoms with E-state index in [4.69, 9.17) is 0 Å². The standard InChI is InChI=1S/C17H16N4O2S/c1-10-11(2)20-21-17(14(10)8-18)24-9-16(23)19-15-7-5-4-6-13(15)12(3)22/h4-7H,9H2,1-3H3,(H,19,23). The third-order valence-corrected chi connectivity index (χ3v) is 4.42. The molecule has 0 spiro atoms. The van der Waals surface area contributed by atoms with Crippen molar-refractivity contribution in [3.05, 3.63) is 46.6 Å². The summed E-state index contributed by atoms with van der Waals surface area (Å²) in [4.78, 5) is 23.7. The third-order valence-electron chi connectivity index (χ3n) is 3.45. The molecule has 0 aliphatic carbocycles. The lowest BCUT2D eigenvalue weighted by Gasteiger charge is -2.09. The first-order chi connectivity index (χ1) is 11.4. The van der Waals surface area contributed by atoms with E-state index in [1.807, 2.05) is 0 Å². The van der Waals surface area contributed by atoms with Gasteiger partial charge >= 0.3 is 0 Å². The van der Waals surface area contributed by atoms with E-state index in [1.54, 1.807) is 38.1 Å². The predicted molar refractivity (Wildman–Crippen MR) is 92.0 cm³/mol. The molecule has 0 radical (unpaired) electrons. The topological polar surface area (TPSA) is 95.7 Å². The molecule has 0 saturated carbocycles. The first-order valence-corrected chi connectivity index (χ1v) is 8.19. The molecule has 0 aliphatic rings. The molecule has 1 aromatic carbocycles. The van der Waals surface area contributed by atoms with Gasteiger partial charge in [-0.2, -0.15) is 10.4 Å². The number of Topliss-reactive ketones (excluding diaryl/α,β-unsaturated/α-hetero) is 1. The molecule has 122 valence electrons. The van der Waals surface area contributed by atoms with Gasteiger partial charge in [-0.25, -0.2) is 0 Å². The Bertz CT molecular complexity index is 843. The summed E-state index contributed by atoms with van der Waals surface area (Å²) in [5.41, 5.74) is 2.82. The number of ketones is 1. The summed E-state index contributed by atoms with van der Waals surface area (Å²) in [6, 6.07) is 8.93. The smallest absolute Gasteiger partial charge is 0.234 e. The molecular formula is C17H16N4O2S. The van der Waals surface area contributed by atoms with Gasteiger partial charge in [0.15, 0.2) is 5.78 Å². The summed E-state index contributed by atoms with van der Waals surface area (Å²) in [6.07, 6.45) is 0. The number of nitrogens with zero attached hydrogens (tertiary/aromatic N) is 3. The lowest BCUT2D eigenvalue weighted by Crippen LogP contribution is -2.16. The van der Waals surface area contributed by atoms with Gasteiger partial charge in [-0.05, 0) is 38.5 Å². The van der Waals surface area contributed by atoms with Gasteiger partial charge in [-0.3, -0.25) is 9.59 Å². The number of amides is 1. The minimum absolute atomic E-state index is 0.0676. The van der Waals surface area contributed by atoms with E-state index in [9.17, 15) is 14.9 Å². The van der Waals surface area contributed by atoms with Gasteiger partial charge in [-0.1, -0.05) is 23.9 Å². The Labute approximate surface area is 144 Å². The van der Waals surface area contributed by atoms with Gasteiger partial charge in [0, 0.05) is 5.56 Å². The average Bonchev–Trinajstić information content (AvgIpc) is 2.56. The number of nitrogens with one attached hydrogen (secondary N) is 1. The molecule has 1 N–H and O–H groups in total. The highest BCUT2D eigenvalue weighted by molar-refractivity contribution is 8.00.